The lowest BCUT2D eigenvalue weighted by Gasteiger charge is -2.27. The number of carbonyl (C=O) groups is 2. The summed E-state index contributed by atoms with van der Waals surface area (Å²) >= 11 is 7.01. The molecule has 2 aromatic carbocycles. The number of fused-ring (bicyclic) bond motifs is 3. The second-order valence-electron chi connectivity index (χ2n) is 8.71. The zero-order chi connectivity index (χ0) is 27.0. The van der Waals surface area contributed by atoms with E-state index in [1.165, 1.54) is 6.20 Å². The Balaban J connectivity index is 1.56. The van der Waals surface area contributed by atoms with Crippen molar-refractivity contribution in [3.8, 4) is 5.75 Å². The van der Waals surface area contributed by atoms with E-state index in [9.17, 15) is 22.8 Å². The van der Waals surface area contributed by atoms with E-state index in [0.29, 0.717) is 28.3 Å². The van der Waals surface area contributed by atoms with Gasteiger partial charge in [-0.15, -0.1) is 0 Å². The van der Waals surface area contributed by atoms with Crippen molar-refractivity contribution in [2.24, 2.45) is 5.73 Å². The Morgan fingerprint density at radius 1 is 1.24 bits per heavy atom. The number of aromatic amines is 1. The molecule has 2 heterocycles. The van der Waals surface area contributed by atoms with Gasteiger partial charge in [0.05, 0.1) is 39.8 Å². The van der Waals surface area contributed by atoms with Gasteiger partial charge in [0.15, 0.2) is 5.13 Å². The van der Waals surface area contributed by atoms with Crippen LogP contribution < -0.4 is 21.1 Å². The van der Waals surface area contributed by atoms with Crippen LogP contribution in [-0.2, 0) is 15.8 Å². The number of hydrogen-bond acceptors (Lipinski definition) is 7. The molecule has 0 aliphatic rings. The third-order valence-electron chi connectivity index (χ3n) is 5.39. The predicted octanol–water partition coefficient (Wildman–Crippen LogP) is 5.32. The number of primary amides is 1. The fraction of sp³-hybridized carbons (Fsp3) is 0.304. The molecule has 0 aliphatic carbocycles. The highest BCUT2D eigenvalue weighted by Gasteiger charge is 2.36. The van der Waals surface area contributed by atoms with Crippen molar-refractivity contribution in [3.05, 3.63) is 41.0 Å². The number of H-pyrrole nitrogens is 1. The maximum absolute atomic E-state index is 13.7. The first kappa shape index (κ1) is 26.5. The highest BCUT2D eigenvalue weighted by molar-refractivity contribution is 7.23. The SMILES string of the molecule is CC(C)(Nc1ccc(Cl)cc1OCCCC(N)=O)C(=O)Nc1nc2c(C(F)(F)F)cc3[nH]ncc3c2s1. The molecule has 0 spiro atoms. The zero-order valence-electron chi connectivity index (χ0n) is 19.6. The van der Waals surface area contributed by atoms with Gasteiger partial charge in [-0.1, -0.05) is 22.9 Å². The third-order valence-corrected chi connectivity index (χ3v) is 6.63. The minimum absolute atomic E-state index is 0.00751. The van der Waals surface area contributed by atoms with Crippen LogP contribution in [0.15, 0.2) is 30.5 Å². The number of nitrogens with one attached hydrogen (secondary N) is 3. The number of rotatable bonds is 9. The molecular weight excluding hydrogens is 533 g/mol. The number of hydrogen-bond donors (Lipinski definition) is 4. The van der Waals surface area contributed by atoms with Gasteiger partial charge in [-0.05, 0) is 38.5 Å². The number of nitrogens with two attached hydrogens (primary N) is 1. The molecule has 0 saturated heterocycles. The lowest BCUT2D eigenvalue weighted by molar-refractivity contribution is -0.136. The number of thiazole rings is 1. The summed E-state index contributed by atoms with van der Waals surface area (Å²) in [7, 11) is 0. The van der Waals surface area contributed by atoms with Gasteiger partial charge in [0, 0.05) is 22.9 Å². The lowest BCUT2D eigenvalue weighted by atomic mass is 10.0. The molecule has 0 radical (unpaired) electrons. The van der Waals surface area contributed by atoms with Gasteiger partial charge in [-0.3, -0.25) is 20.0 Å². The highest BCUT2D eigenvalue weighted by Crippen LogP contribution is 2.41. The third kappa shape index (κ3) is 5.88. The monoisotopic (exact) mass is 554 g/mol. The van der Waals surface area contributed by atoms with Crippen LogP contribution in [0, 0.1) is 0 Å². The average molecular weight is 555 g/mol. The first-order valence-electron chi connectivity index (χ1n) is 11.0. The average Bonchev–Trinajstić information content (AvgIpc) is 3.43. The van der Waals surface area contributed by atoms with E-state index in [2.05, 4.69) is 25.8 Å². The maximum Gasteiger partial charge on any atom is 0.418 e. The summed E-state index contributed by atoms with van der Waals surface area (Å²) in [6.07, 6.45) is -2.68. The van der Waals surface area contributed by atoms with Crippen LogP contribution in [-0.4, -0.2) is 39.1 Å². The molecule has 196 valence electrons. The lowest BCUT2D eigenvalue weighted by Crippen LogP contribution is -2.44. The molecule has 14 heteroatoms. The Morgan fingerprint density at radius 2 is 2.00 bits per heavy atom. The summed E-state index contributed by atoms with van der Waals surface area (Å²) in [6.45, 7) is 3.38. The van der Waals surface area contributed by atoms with E-state index in [1.54, 1.807) is 32.0 Å². The van der Waals surface area contributed by atoms with Gasteiger partial charge in [-0.25, -0.2) is 4.98 Å². The molecule has 2 amide bonds. The van der Waals surface area contributed by atoms with Crippen LogP contribution in [0.25, 0.3) is 21.1 Å². The Kier molecular flexibility index (Phi) is 7.20. The minimum atomic E-state index is -4.64. The molecule has 2 aromatic heterocycles. The summed E-state index contributed by atoms with van der Waals surface area (Å²) in [5.74, 6) is -0.635. The number of aromatic nitrogens is 3. The maximum atomic E-state index is 13.7. The van der Waals surface area contributed by atoms with Crippen molar-refractivity contribution < 1.29 is 27.5 Å². The van der Waals surface area contributed by atoms with Crippen LogP contribution >= 0.6 is 22.9 Å². The zero-order valence-corrected chi connectivity index (χ0v) is 21.2. The first-order valence-corrected chi connectivity index (χ1v) is 12.2. The molecule has 5 N–H and O–H groups in total. The fourth-order valence-electron chi connectivity index (χ4n) is 3.55. The normalized spacial score (nSPS) is 12.2. The predicted molar refractivity (Wildman–Crippen MR) is 136 cm³/mol. The van der Waals surface area contributed by atoms with E-state index in [0.717, 1.165) is 17.4 Å². The van der Waals surface area contributed by atoms with Crippen LogP contribution in [0.1, 0.15) is 32.3 Å². The molecule has 37 heavy (non-hydrogen) atoms. The number of ether oxygens (including phenoxy) is 1. The number of benzene rings is 2. The second kappa shape index (κ2) is 10.1. The number of amides is 2. The summed E-state index contributed by atoms with van der Waals surface area (Å²) in [5.41, 5.74) is 3.38. The van der Waals surface area contributed by atoms with Crippen LogP contribution in [0.4, 0.5) is 24.0 Å². The summed E-state index contributed by atoms with van der Waals surface area (Å²) in [6, 6.07) is 5.75. The second-order valence-corrected chi connectivity index (χ2v) is 10.1. The Hall–Kier alpha value is -3.58. The van der Waals surface area contributed by atoms with Gasteiger partial charge in [0.1, 0.15) is 11.3 Å². The molecule has 4 rings (SSSR count). The van der Waals surface area contributed by atoms with Gasteiger partial charge in [0.25, 0.3) is 5.91 Å². The van der Waals surface area contributed by atoms with Crippen molar-refractivity contribution >= 4 is 66.7 Å². The molecule has 4 aromatic rings. The Morgan fingerprint density at radius 3 is 2.70 bits per heavy atom. The largest absolute Gasteiger partial charge is 0.491 e. The van der Waals surface area contributed by atoms with Gasteiger partial charge >= 0.3 is 6.18 Å². The first-order chi connectivity index (χ1) is 17.3. The van der Waals surface area contributed by atoms with Crippen molar-refractivity contribution in [2.75, 3.05) is 17.2 Å². The minimum Gasteiger partial charge on any atom is -0.491 e. The summed E-state index contributed by atoms with van der Waals surface area (Å²) in [5, 5.41) is 12.9. The van der Waals surface area contributed by atoms with E-state index in [4.69, 9.17) is 22.1 Å². The Labute approximate surface area is 217 Å². The van der Waals surface area contributed by atoms with Crippen LogP contribution in [0.3, 0.4) is 0 Å². The van der Waals surface area contributed by atoms with Crippen molar-refractivity contribution in [1.82, 2.24) is 15.2 Å². The van der Waals surface area contributed by atoms with Crippen molar-refractivity contribution in [2.45, 2.75) is 38.4 Å². The quantitative estimate of drug-likeness (QED) is 0.207. The summed E-state index contributed by atoms with van der Waals surface area (Å²) in [4.78, 5) is 28.2. The number of nitrogens with zero attached hydrogens (tertiary/aromatic N) is 2. The fourth-order valence-corrected chi connectivity index (χ4v) is 4.71. The van der Waals surface area contributed by atoms with Crippen LogP contribution in [0.5, 0.6) is 5.75 Å². The standard InChI is InChI=1S/C23H22ClF3N6O3S/c1-22(2,32-14-6-5-11(24)8-16(14)36-7-3-4-17(28)34)20(35)31-21-30-18-13(23(25,26)27)9-15-12(10-29-33-15)19(18)37-21/h5-6,8-10,32H,3-4,7H2,1-2H3,(H2,28,34)(H,29,33)(H,30,31,35). The number of halogens is 4. The molecule has 0 aliphatic heterocycles. The highest BCUT2D eigenvalue weighted by atomic mass is 35.5. The molecule has 9 nitrogen and oxygen atoms in total. The molecule has 0 bridgehead atoms. The number of carbonyl (C=O) groups excluding carboxylic acids is 2. The van der Waals surface area contributed by atoms with E-state index in [-0.39, 0.29) is 33.9 Å². The van der Waals surface area contributed by atoms with E-state index in [1.807, 2.05) is 0 Å². The molecular formula is C23H22ClF3N6O3S. The topological polar surface area (TPSA) is 135 Å². The van der Waals surface area contributed by atoms with Gasteiger partial charge < -0.3 is 15.8 Å². The molecule has 0 fully saturated rings. The van der Waals surface area contributed by atoms with E-state index >= 15 is 0 Å². The molecule has 0 atom stereocenters. The number of anilines is 2. The van der Waals surface area contributed by atoms with Crippen LogP contribution in [0.2, 0.25) is 5.02 Å². The van der Waals surface area contributed by atoms with E-state index < -0.39 is 29.1 Å². The van der Waals surface area contributed by atoms with Gasteiger partial charge in [0.2, 0.25) is 5.91 Å². The van der Waals surface area contributed by atoms with Gasteiger partial charge in [-0.2, -0.15) is 18.3 Å². The number of alkyl halides is 3. The smallest absolute Gasteiger partial charge is 0.418 e. The van der Waals surface area contributed by atoms with Crippen molar-refractivity contribution in [1.29, 1.82) is 0 Å². The van der Waals surface area contributed by atoms with Crippen molar-refractivity contribution in [3.63, 3.8) is 0 Å². The summed E-state index contributed by atoms with van der Waals surface area (Å²) < 4.78 is 47.0. The Bertz CT molecular complexity index is 1480. The molecule has 0 unspecified atom stereocenters. The molecule has 0 saturated carbocycles.